The zero-order valence-corrected chi connectivity index (χ0v) is 20.8. The van der Waals surface area contributed by atoms with Gasteiger partial charge in [-0.2, -0.15) is 5.10 Å². The van der Waals surface area contributed by atoms with Crippen molar-refractivity contribution in [3.8, 4) is 5.75 Å². The Morgan fingerprint density at radius 1 is 0.821 bits per heavy atom. The fourth-order valence-corrected chi connectivity index (χ4v) is 3.49. The zero-order chi connectivity index (χ0) is 27.8. The fraction of sp³-hybridized carbons (Fsp3) is 0. The Morgan fingerprint density at radius 3 is 2.13 bits per heavy atom. The number of ether oxygens (including phenoxy) is 1. The highest BCUT2D eigenvalue weighted by Gasteiger charge is 2.14. The minimum Gasteiger partial charge on any atom is -0.422 e. The number of rotatable bonds is 8. The number of hydrogen-bond acceptors (Lipinski definition) is 7. The topological polar surface area (TPSA) is 140 Å². The van der Waals surface area contributed by atoms with Crippen molar-refractivity contribution in [1.29, 1.82) is 0 Å². The maximum Gasteiger partial charge on any atom is 0.343 e. The number of nitrogens with zero attached hydrogens (tertiary/aromatic N) is 2. The molecule has 4 rings (SSSR count). The van der Waals surface area contributed by atoms with Gasteiger partial charge >= 0.3 is 5.97 Å². The van der Waals surface area contributed by atoms with E-state index in [2.05, 4.69) is 15.8 Å². The maximum absolute atomic E-state index is 12.5. The summed E-state index contributed by atoms with van der Waals surface area (Å²) in [7, 11) is 0. The normalized spacial score (nSPS) is 10.6. The summed E-state index contributed by atoms with van der Waals surface area (Å²) < 4.78 is 5.40. The number of non-ortho nitro benzene ring substituents is 1. The Bertz CT molecular complexity index is 1560. The molecule has 194 valence electrons. The van der Waals surface area contributed by atoms with Gasteiger partial charge in [0, 0.05) is 39.5 Å². The van der Waals surface area contributed by atoms with E-state index in [0.717, 1.165) is 0 Å². The molecule has 0 saturated heterocycles. The molecule has 0 aliphatic carbocycles. The van der Waals surface area contributed by atoms with Crippen molar-refractivity contribution in [3.63, 3.8) is 0 Å². The lowest BCUT2D eigenvalue weighted by molar-refractivity contribution is -0.384. The summed E-state index contributed by atoms with van der Waals surface area (Å²) in [6.07, 6.45) is 1.26. The van der Waals surface area contributed by atoms with E-state index < -0.39 is 16.8 Å². The third-order valence-electron chi connectivity index (χ3n) is 5.30. The van der Waals surface area contributed by atoms with Gasteiger partial charge in [-0.1, -0.05) is 29.8 Å². The molecule has 0 aliphatic heterocycles. The fourth-order valence-electron chi connectivity index (χ4n) is 3.31. The van der Waals surface area contributed by atoms with Gasteiger partial charge in [-0.3, -0.25) is 19.7 Å². The lowest BCUT2D eigenvalue weighted by Crippen LogP contribution is -2.18. The molecule has 4 aromatic rings. The summed E-state index contributed by atoms with van der Waals surface area (Å²) in [6.45, 7) is 0. The van der Waals surface area contributed by atoms with Crippen LogP contribution >= 0.6 is 11.6 Å². The highest BCUT2D eigenvalue weighted by Crippen LogP contribution is 2.23. The van der Waals surface area contributed by atoms with E-state index in [1.54, 1.807) is 36.4 Å². The molecule has 4 aromatic carbocycles. The molecule has 39 heavy (non-hydrogen) atoms. The van der Waals surface area contributed by atoms with Crippen LogP contribution in [0.1, 0.15) is 36.6 Å². The molecule has 2 amide bonds. The Morgan fingerprint density at radius 2 is 1.46 bits per heavy atom. The number of halogens is 1. The number of esters is 1. The first-order valence-corrected chi connectivity index (χ1v) is 11.7. The van der Waals surface area contributed by atoms with Gasteiger partial charge in [0.25, 0.3) is 17.5 Å². The van der Waals surface area contributed by atoms with Crippen LogP contribution < -0.4 is 15.5 Å². The van der Waals surface area contributed by atoms with Crippen molar-refractivity contribution in [3.05, 3.63) is 134 Å². The lowest BCUT2D eigenvalue weighted by atomic mass is 10.1. The van der Waals surface area contributed by atoms with Crippen LogP contribution in [0.2, 0.25) is 5.02 Å². The molecule has 2 N–H and O–H groups in total. The number of carbonyl (C=O) groups is 3. The predicted octanol–water partition coefficient (Wildman–Crippen LogP) is 5.48. The second kappa shape index (κ2) is 12.3. The molecule has 0 saturated carbocycles. The average molecular weight is 543 g/mol. The van der Waals surface area contributed by atoms with E-state index in [4.69, 9.17) is 16.3 Å². The van der Waals surface area contributed by atoms with Gasteiger partial charge in [-0.25, -0.2) is 10.2 Å². The van der Waals surface area contributed by atoms with Crippen LogP contribution in [0.3, 0.4) is 0 Å². The van der Waals surface area contributed by atoms with Gasteiger partial charge in [0.2, 0.25) is 0 Å². The van der Waals surface area contributed by atoms with Crippen molar-refractivity contribution >= 4 is 47.0 Å². The molecular formula is C28H19ClN4O6. The summed E-state index contributed by atoms with van der Waals surface area (Å²) in [6, 6.07) is 24.4. The van der Waals surface area contributed by atoms with Crippen LogP contribution in [-0.2, 0) is 0 Å². The summed E-state index contributed by atoms with van der Waals surface area (Å²) in [4.78, 5) is 47.5. The number of hydrogen-bond donors (Lipinski definition) is 2. The molecule has 0 atom stereocenters. The van der Waals surface area contributed by atoms with E-state index in [9.17, 15) is 24.5 Å². The zero-order valence-electron chi connectivity index (χ0n) is 20.0. The van der Waals surface area contributed by atoms with Gasteiger partial charge in [0.05, 0.1) is 16.7 Å². The highest BCUT2D eigenvalue weighted by molar-refractivity contribution is 6.31. The van der Waals surface area contributed by atoms with Crippen LogP contribution in [0.25, 0.3) is 0 Å². The molecule has 0 heterocycles. The molecule has 11 heteroatoms. The summed E-state index contributed by atoms with van der Waals surface area (Å²) in [5.74, 6) is -1.42. The third-order valence-corrected chi connectivity index (χ3v) is 5.53. The van der Waals surface area contributed by atoms with Crippen molar-refractivity contribution in [2.45, 2.75) is 0 Å². The second-order valence-electron chi connectivity index (χ2n) is 7.97. The Hall–Kier alpha value is -5.35. The maximum atomic E-state index is 12.5. The SMILES string of the molecule is O=C(N/N=C/c1cc(Cl)ccc1OC(=O)c1ccc([N+](=O)[O-])cc1)c1ccc(NC(=O)c2ccccc2)cc1. The molecule has 0 unspecified atom stereocenters. The van der Waals surface area contributed by atoms with Crippen molar-refractivity contribution < 1.29 is 24.0 Å². The quantitative estimate of drug-likeness (QED) is 0.0992. The summed E-state index contributed by atoms with van der Waals surface area (Å²) in [5, 5.41) is 17.8. The van der Waals surface area contributed by atoms with E-state index >= 15 is 0 Å². The number of hydrazone groups is 1. The van der Waals surface area contributed by atoms with Crippen LogP contribution in [0, 0.1) is 10.1 Å². The van der Waals surface area contributed by atoms with Crippen LogP contribution in [0.15, 0.2) is 102 Å². The number of benzene rings is 4. The standard InChI is InChI=1S/C28H19ClN4O6/c29-22-10-15-25(39-28(36)20-8-13-24(14-9-20)33(37)38)21(16-22)17-30-32-27(35)19-6-11-23(12-7-19)31-26(34)18-4-2-1-3-5-18/h1-17H,(H,31,34)(H,32,35)/b30-17+. The van der Waals surface area contributed by atoms with Gasteiger partial charge < -0.3 is 10.1 Å². The molecule has 0 spiro atoms. The molecular weight excluding hydrogens is 524 g/mol. The molecule has 0 aliphatic rings. The van der Waals surface area contributed by atoms with Crippen molar-refractivity contribution in [2.75, 3.05) is 5.32 Å². The van der Waals surface area contributed by atoms with Gasteiger partial charge in [-0.05, 0) is 66.7 Å². The highest BCUT2D eigenvalue weighted by atomic mass is 35.5. The molecule has 0 radical (unpaired) electrons. The summed E-state index contributed by atoms with van der Waals surface area (Å²) in [5.41, 5.74) is 3.94. The number of anilines is 1. The van der Waals surface area contributed by atoms with E-state index in [0.29, 0.717) is 27.4 Å². The lowest BCUT2D eigenvalue weighted by Gasteiger charge is -2.08. The Labute approximate surface area is 227 Å². The molecule has 10 nitrogen and oxygen atoms in total. The predicted molar refractivity (Wildman–Crippen MR) is 145 cm³/mol. The van der Waals surface area contributed by atoms with Gasteiger partial charge in [-0.15, -0.1) is 0 Å². The smallest absolute Gasteiger partial charge is 0.343 e. The Balaban J connectivity index is 1.38. The molecule has 0 bridgehead atoms. The Kier molecular flexibility index (Phi) is 8.40. The van der Waals surface area contributed by atoms with Crippen LogP contribution in [0.4, 0.5) is 11.4 Å². The molecule has 0 fully saturated rings. The third kappa shape index (κ3) is 7.12. The van der Waals surface area contributed by atoms with E-state index in [1.165, 1.54) is 60.8 Å². The van der Waals surface area contributed by atoms with Crippen LogP contribution in [0.5, 0.6) is 5.75 Å². The first-order valence-electron chi connectivity index (χ1n) is 11.4. The number of amides is 2. The van der Waals surface area contributed by atoms with E-state index in [-0.39, 0.29) is 22.9 Å². The first kappa shape index (κ1) is 26.7. The van der Waals surface area contributed by atoms with Crippen molar-refractivity contribution in [1.82, 2.24) is 5.43 Å². The average Bonchev–Trinajstić information content (AvgIpc) is 2.95. The van der Waals surface area contributed by atoms with Crippen molar-refractivity contribution in [2.24, 2.45) is 5.10 Å². The summed E-state index contributed by atoms with van der Waals surface area (Å²) >= 11 is 6.06. The second-order valence-corrected chi connectivity index (χ2v) is 8.41. The largest absolute Gasteiger partial charge is 0.422 e. The van der Waals surface area contributed by atoms with Gasteiger partial charge in [0.1, 0.15) is 5.75 Å². The van der Waals surface area contributed by atoms with Crippen LogP contribution in [-0.4, -0.2) is 28.9 Å². The number of nitrogens with one attached hydrogen (secondary N) is 2. The minimum absolute atomic E-state index is 0.107. The monoisotopic (exact) mass is 542 g/mol. The minimum atomic E-state index is -0.745. The van der Waals surface area contributed by atoms with Gasteiger partial charge in [0.15, 0.2) is 0 Å². The number of nitro groups is 1. The molecule has 0 aromatic heterocycles. The number of carbonyl (C=O) groups excluding carboxylic acids is 3. The van der Waals surface area contributed by atoms with E-state index in [1.807, 2.05) is 6.07 Å². The number of nitro benzene ring substituents is 1. The first-order chi connectivity index (χ1) is 18.8.